The predicted octanol–water partition coefficient (Wildman–Crippen LogP) is 0.479. The summed E-state index contributed by atoms with van der Waals surface area (Å²) in [5.74, 6) is 0.659. The number of nitrogens with one attached hydrogen (secondary N) is 1. The molecule has 1 amide bonds. The van der Waals surface area contributed by atoms with Gasteiger partial charge in [0.15, 0.2) is 0 Å². The molecule has 10 heavy (non-hydrogen) atoms. The number of carbonyl (C=O) groups excluding carboxylic acids is 1. The lowest BCUT2D eigenvalue weighted by Crippen LogP contribution is -2.43. The van der Waals surface area contributed by atoms with Gasteiger partial charge in [0, 0.05) is 18.6 Å². The molecule has 1 fully saturated rings. The molecule has 1 N–H and O–H groups in total. The van der Waals surface area contributed by atoms with Gasteiger partial charge in [0.05, 0.1) is 12.5 Å². The molecule has 0 aromatic heterocycles. The molecule has 0 aliphatic carbocycles. The van der Waals surface area contributed by atoms with E-state index in [9.17, 15) is 4.79 Å². The van der Waals surface area contributed by atoms with Crippen LogP contribution in [-0.2, 0) is 4.18 Å². The molecule has 1 aliphatic rings. The highest BCUT2D eigenvalue weighted by molar-refractivity contribution is 7.96. The molecule has 0 saturated carbocycles. The van der Waals surface area contributed by atoms with E-state index in [4.69, 9.17) is 4.18 Å². The fourth-order valence-corrected chi connectivity index (χ4v) is 1.32. The van der Waals surface area contributed by atoms with Crippen LogP contribution in [0.25, 0.3) is 0 Å². The molecular formula is C4H8N2O2S2. The highest BCUT2D eigenvalue weighted by Gasteiger charge is 2.11. The first-order valence-electron chi connectivity index (χ1n) is 2.78. The lowest BCUT2D eigenvalue weighted by Gasteiger charge is -2.24. The van der Waals surface area contributed by atoms with E-state index >= 15 is 0 Å². The average Bonchev–Trinajstić information content (AvgIpc) is 1.88. The van der Waals surface area contributed by atoms with E-state index in [1.165, 1.54) is 12.0 Å². The van der Waals surface area contributed by atoms with Crippen molar-refractivity contribution in [1.29, 1.82) is 0 Å². The minimum Gasteiger partial charge on any atom is -0.313 e. The van der Waals surface area contributed by atoms with Crippen molar-refractivity contribution in [1.82, 2.24) is 10.4 Å². The molecule has 1 aliphatic heterocycles. The second-order valence-electron chi connectivity index (χ2n) is 1.75. The van der Waals surface area contributed by atoms with Gasteiger partial charge in [-0.1, -0.05) is 12.6 Å². The van der Waals surface area contributed by atoms with E-state index in [1.54, 1.807) is 5.01 Å². The molecule has 0 radical (unpaired) electrons. The smallest absolute Gasteiger partial charge is 0.290 e. The molecule has 1 rings (SSSR count). The molecule has 0 aromatic carbocycles. The summed E-state index contributed by atoms with van der Waals surface area (Å²) in [6, 6.07) is 0. The van der Waals surface area contributed by atoms with Crippen LogP contribution in [0.3, 0.4) is 0 Å². The van der Waals surface area contributed by atoms with Gasteiger partial charge in [0.1, 0.15) is 0 Å². The van der Waals surface area contributed by atoms with Crippen molar-refractivity contribution in [3.63, 3.8) is 0 Å². The Balaban J connectivity index is 2.19. The van der Waals surface area contributed by atoms with Crippen molar-refractivity contribution in [2.75, 3.05) is 19.0 Å². The molecule has 0 unspecified atom stereocenters. The van der Waals surface area contributed by atoms with Crippen molar-refractivity contribution in [3.05, 3.63) is 0 Å². The number of hydrogen-bond acceptors (Lipinski definition) is 4. The standard InChI is InChI=1S/C4H8N2O2S2/c7-4(9)5-6-1-2-8-10-3-6/h1-3H2,(H2,5,7,9). The molecule has 0 spiro atoms. The Bertz CT molecular complexity index is 126. The largest absolute Gasteiger partial charge is 0.313 e. The third-order valence-electron chi connectivity index (χ3n) is 0.990. The van der Waals surface area contributed by atoms with E-state index in [0.717, 1.165) is 6.54 Å². The monoisotopic (exact) mass is 180 g/mol. The van der Waals surface area contributed by atoms with Gasteiger partial charge < -0.3 is 4.18 Å². The SMILES string of the molecule is O=C(S)NN1CCOSC1. The Labute approximate surface area is 68.9 Å². The van der Waals surface area contributed by atoms with Gasteiger partial charge in [-0.15, -0.1) is 0 Å². The van der Waals surface area contributed by atoms with E-state index in [2.05, 4.69) is 18.1 Å². The van der Waals surface area contributed by atoms with Gasteiger partial charge in [-0.2, -0.15) is 0 Å². The average molecular weight is 180 g/mol. The quantitative estimate of drug-likeness (QED) is 0.455. The Kier molecular flexibility index (Phi) is 3.33. The Morgan fingerprint density at radius 1 is 1.80 bits per heavy atom. The second-order valence-corrected chi connectivity index (χ2v) is 2.89. The fraction of sp³-hybridized carbons (Fsp3) is 0.750. The van der Waals surface area contributed by atoms with E-state index < -0.39 is 0 Å². The highest BCUT2D eigenvalue weighted by atomic mass is 32.2. The molecule has 0 aromatic rings. The summed E-state index contributed by atoms with van der Waals surface area (Å²) >= 11 is 4.89. The van der Waals surface area contributed by atoms with Crippen LogP contribution in [0.1, 0.15) is 0 Å². The van der Waals surface area contributed by atoms with Crippen molar-refractivity contribution < 1.29 is 8.98 Å². The summed E-state index contributed by atoms with van der Waals surface area (Å²) < 4.78 is 4.98. The van der Waals surface area contributed by atoms with Crippen LogP contribution in [0.2, 0.25) is 0 Å². The molecular weight excluding hydrogens is 172 g/mol. The van der Waals surface area contributed by atoms with Gasteiger partial charge >= 0.3 is 0 Å². The van der Waals surface area contributed by atoms with Crippen LogP contribution < -0.4 is 5.43 Å². The predicted molar refractivity (Wildman–Crippen MR) is 42.6 cm³/mol. The van der Waals surface area contributed by atoms with Crippen LogP contribution in [0.4, 0.5) is 4.79 Å². The number of carbonyl (C=O) groups is 1. The number of rotatable bonds is 1. The maximum Gasteiger partial charge on any atom is 0.290 e. The highest BCUT2D eigenvalue weighted by Crippen LogP contribution is 2.09. The number of thiol groups is 1. The summed E-state index contributed by atoms with van der Waals surface area (Å²) in [4.78, 5) is 10.4. The molecule has 0 bridgehead atoms. The lowest BCUT2D eigenvalue weighted by atomic mass is 10.7. The topological polar surface area (TPSA) is 41.6 Å². The number of hydrazine groups is 1. The summed E-state index contributed by atoms with van der Waals surface area (Å²) in [5, 5.41) is 1.42. The fourth-order valence-electron chi connectivity index (χ4n) is 0.595. The summed E-state index contributed by atoms with van der Waals surface area (Å²) in [5.41, 5.74) is 2.54. The van der Waals surface area contributed by atoms with Crippen molar-refractivity contribution >= 4 is 29.9 Å². The zero-order chi connectivity index (χ0) is 7.40. The zero-order valence-corrected chi connectivity index (χ0v) is 6.95. The van der Waals surface area contributed by atoms with Crippen molar-refractivity contribution in [2.24, 2.45) is 0 Å². The van der Waals surface area contributed by atoms with Crippen LogP contribution in [0.5, 0.6) is 0 Å². The van der Waals surface area contributed by atoms with Gasteiger partial charge in [-0.05, 0) is 0 Å². The Morgan fingerprint density at radius 3 is 3.10 bits per heavy atom. The zero-order valence-electron chi connectivity index (χ0n) is 5.24. The minimum absolute atomic E-state index is 0.331. The third kappa shape index (κ3) is 2.78. The molecule has 58 valence electrons. The molecule has 1 heterocycles. The van der Waals surface area contributed by atoms with Crippen LogP contribution in [-0.4, -0.2) is 29.3 Å². The maximum atomic E-state index is 10.4. The molecule has 0 atom stereocenters. The van der Waals surface area contributed by atoms with Crippen LogP contribution in [0, 0.1) is 0 Å². The minimum atomic E-state index is -0.331. The van der Waals surface area contributed by atoms with Crippen molar-refractivity contribution in [3.8, 4) is 0 Å². The first kappa shape index (κ1) is 8.19. The lowest BCUT2D eigenvalue weighted by molar-refractivity contribution is 0.173. The van der Waals surface area contributed by atoms with Crippen LogP contribution in [0.15, 0.2) is 0 Å². The summed E-state index contributed by atoms with van der Waals surface area (Å²) in [6.45, 7) is 1.36. The van der Waals surface area contributed by atoms with Gasteiger partial charge in [0.25, 0.3) is 5.24 Å². The number of amides is 1. The van der Waals surface area contributed by atoms with Gasteiger partial charge in [-0.3, -0.25) is 10.2 Å². The normalized spacial score (nSPS) is 20.5. The Morgan fingerprint density at radius 2 is 2.60 bits per heavy atom. The summed E-state index contributed by atoms with van der Waals surface area (Å²) in [7, 11) is 0. The van der Waals surface area contributed by atoms with Gasteiger partial charge in [-0.25, -0.2) is 5.01 Å². The first-order chi connectivity index (χ1) is 4.79. The number of nitrogens with zero attached hydrogens (tertiary/aromatic N) is 1. The first-order valence-corrected chi connectivity index (χ1v) is 4.14. The Hall–Kier alpha value is 0.0900. The summed E-state index contributed by atoms with van der Waals surface area (Å²) in [6.07, 6.45) is 0. The van der Waals surface area contributed by atoms with E-state index in [0.29, 0.717) is 12.5 Å². The van der Waals surface area contributed by atoms with Gasteiger partial charge in [0.2, 0.25) is 0 Å². The second kappa shape index (κ2) is 4.07. The molecule has 6 heteroatoms. The number of hydrogen-bond donors (Lipinski definition) is 2. The van der Waals surface area contributed by atoms with E-state index in [1.807, 2.05) is 0 Å². The van der Waals surface area contributed by atoms with E-state index in [-0.39, 0.29) is 5.24 Å². The molecule has 1 saturated heterocycles. The molecule has 4 nitrogen and oxygen atoms in total. The maximum absolute atomic E-state index is 10.4. The third-order valence-corrected chi connectivity index (χ3v) is 1.84. The van der Waals surface area contributed by atoms with Crippen molar-refractivity contribution in [2.45, 2.75) is 0 Å². The van der Waals surface area contributed by atoms with Crippen LogP contribution >= 0.6 is 24.7 Å².